The number of rotatable bonds is 4. The minimum atomic E-state index is 0.465. The van der Waals surface area contributed by atoms with Gasteiger partial charge in [-0.05, 0) is 51.5 Å². The number of fused-ring (bicyclic) bond motifs is 1. The van der Waals surface area contributed by atoms with Gasteiger partial charge in [0.05, 0.1) is 28.3 Å². The number of nitrogens with zero attached hydrogens (tertiary/aromatic N) is 4. The zero-order valence-electron chi connectivity index (χ0n) is 15.3. The largest absolute Gasteiger partial charge is 0.365 e. The van der Waals surface area contributed by atoms with Crippen molar-refractivity contribution >= 4 is 28.3 Å². The average Bonchev–Trinajstić information content (AvgIpc) is 3.23. The van der Waals surface area contributed by atoms with E-state index in [2.05, 4.69) is 39.6 Å². The smallest absolute Gasteiger partial charge is 0.121 e. The van der Waals surface area contributed by atoms with E-state index in [0.29, 0.717) is 6.04 Å². The minimum absolute atomic E-state index is 0.465. The Balaban J connectivity index is 1.58. The molecule has 6 heteroatoms. The third kappa shape index (κ3) is 3.50. The first-order chi connectivity index (χ1) is 12.1. The Bertz CT molecular complexity index is 737. The number of benzene rings is 1. The Morgan fingerprint density at radius 3 is 2.68 bits per heavy atom. The van der Waals surface area contributed by atoms with Gasteiger partial charge in [-0.15, -0.1) is 0 Å². The lowest BCUT2D eigenvalue weighted by atomic mass is 10.1. The number of aromatic amines is 1. The zero-order valence-corrected chi connectivity index (χ0v) is 16.0. The van der Waals surface area contributed by atoms with Crippen LogP contribution < -0.4 is 4.90 Å². The van der Waals surface area contributed by atoms with Crippen molar-refractivity contribution in [2.75, 3.05) is 44.2 Å². The quantitative estimate of drug-likeness (QED) is 0.906. The summed E-state index contributed by atoms with van der Waals surface area (Å²) in [6.45, 7) is 12.1. The molecule has 1 atom stereocenters. The van der Waals surface area contributed by atoms with Gasteiger partial charge in [0.2, 0.25) is 0 Å². The number of nitrogens with one attached hydrogen (secondary N) is 1. The molecule has 0 spiro atoms. The summed E-state index contributed by atoms with van der Waals surface area (Å²) < 4.78 is 0. The molecule has 2 saturated heterocycles. The summed E-state index contributed by atoms with van der Waals surface area (Å²) in [5.74, 6) is 1.05. The van der Waals surface area contributed by atoms with Gasteiger partial charge < -0.3 is 9.88 Å². The summed E-state index contributed by atoms with van der Waals surface area (Å²) in [6, 6.07) is 4.68. The molecule has 3 heterocycles. The lowest BCUT2D eigenvalue weighted by molar-refractivity contribution is 0.240. The second-order valence-corrected chi connectivity index (χ2v) is 7.83. The molecular weight excluding hydrogens is 334 g/mol. The van der Waals surface area contributed by atoms with Crippen molar-refractivity contribution in [3.05, 3.63) is 23.0 Å². The second kappa shape index (κ2) is 7.14. The van der Waals surface area contributed by atoms with E-state index in [1.54, 1.807) is 0 Å². The zero-order chi connectivity index (χ0) is 17.4. The fraction of sp³-hybridized carbons (Fsp3) is 0.632. The Labute approximate surface area is 154 Å². The normalized spacial score (nSPS) is 23.0. The number of anilines is 1. The molecule has 0 bridgehead atoms. The molecule has 2 aromatic rings. The highest BCUT2D eigenvalue weighted by molar-refractivity contribution is 6.34. The van der Waals surface area contributed by atoms with E-state index >= 15 is 0 Å². The molecule has 0 radical (unpaired) electrons. The molecule has 1 aromatic carbocycles. The van der Waals surface area contributed by atoms with Crippen LogP contribution in [0.3, 0.4) is 0 Å². The van der Waals surface area contributed by atoms with Crippen LogP contribution in [-0.2, 0) is 6.54 Å². The summed E-state index contributed by atoms with van der Waals surface area (Å²) in [5.41, 5.74) is 3.19. The maximum atomic E-state index is 6.64. The number of H-pyrrole nitrogens is 1. The predicted octanol–water partition coefficient (Wildman–Crippen LogP) is 3.34. The van der Waals surface area contributed by atoms with Gasteiger partial charge in [0.15, 0.2) is 0 Å². The van der Waals surface area contributed by atoms with Gasteiger partial charge in [0.1, 0.15) is 5.82 Å². The number of hydrogen-bond donors (Lipinski definition) is 1. The molecule has 4 rings (SSSR count). The molecule has 5 nitrogen and oxygen atoms in total. The third-order valence-electron chi connectivity index (χ3n) is 5.64. The van der Waals surface area contributed by atoms with Crippen LogP contribution in [-0.4, -0.2) is 65.1 Å². The van der Waals surface area contributed by atoms with Gasteiger partial charge in [-0.25, -0.2) is 4.98 Å². The second-order valence-electron chi connectivity index (χ2n) is 7.42. The Hall–Kier alpha value is -1.30. The fourth-order valence-electron chi connectivity index (χ4n) is 4.20. The maximum absolute atomic E-state index is 6.64. The van der Waals surface area contributed by atoms with Crippen molar-refractivity contribution in [1.82, 2.24) is 19.8 Å². The molecule has 2 aliphatic rings. The molecule has 0 aliphatic carbocycles. The van der Waals surface area contributed by atoms with Gasteiger partial charge in [0, 0.05) is 25.7 Å². The van der Waals surface area contributed by atoms with Crippen LogP contribution in [0.2, 0.25) is 5.02 Å². The van der Waals surface area contributed by atoms with Crippen LogP contribution in [0.5, 0.6) is 0 Å². The molecule has 1 aromatic heterocycles. The number of likely N-dealkylation sites (N-methyl/N-ethyl adjacent to an activating group) is 1. The average molecular weight is 362 g/mol. The Kier molecular flexibility index (Phi) is 4.89. The summed E-state index contributed by atoms with van der Waals surface area (Å²) in [6.07, 6.45) is 2.61. The first-order valence-corrected chi connectivity index (χ1v) is 9.91. The van der Waals surface area contributed by atoms with Crippen LogP contribution in [0.15, 0.2) is 12.1 Å². The first kappa shape index (κ1) is 17.1. The molecule has 0 amide bonds. The summed E-state index contributed by atoms with van der Waals surface area (Å²) in [7, 11) is 0. The molecular formula is C19H28ClN5. The summed E-state index contributed by atoms with van der Waals surface area (Å²) >= 11 is 6.64. The van der Waals surface area contributed by atoms with Crippen LogP contribution in [0.4, 0.5) is 5.69 Å². The van der Waals surface area contributed by atoms with E-state index in [0.717, 1.165) is 60.3 Å². The molecule has 1 N–H and O–H groups in total. The highest BCUT2D eigenvalue weighted by Gasteiger charge is 2.25. The number of piperazine rings is 1. The van der Waals surface area contributed by atoms with Gasteiger partial charge in [-0.3, -0.25) is 9.80 Å². The Morgan fingerprint density at radius 1 is 1.16 bits per heavy atom. The predicted molar refractivity (Wildman–Crippen MR) is 105 cm³/mol. The number of imidazole rings is 1. The summed E-state index contributed by atoms with van der Waals surface area (Å²) in [5, 5.41) is 0.820. The topological polar surface area (TPSA) is 38.4 Å². The minimum Gasteiger partial charge on any atom is -0.365 e. The van der Waals surface area contributed by atoms with Crippen LogP contribution >= 0.6 is 11.6 Å². The highest BCUT2D eigenvalue weighted by atomic mass is 35.5. The lowest BCUT2D eigenvalue weighted by Gasteiger charge is -2.41. The number of aromatic nitrogens is 2. The lowest BCUT2D eigenvalue weighted by Crippen LogP contribution is -2.51. The van der Waals surface area contributed by atoms with Gasteiger partial charge in [-0.1, -0.05) is 18.5 Å². The number of hydrogen-bond acceptors (Lipinski definition) is 4. The SMILES string of the molecule is CCN1CCN(c2cc3nc(CN4CCCC4)[nH]c3cc2Cl)C(C)C1. The van der Waals surface area contributed by atoms with E-state index in [-0.39, 0.29) is 0 Å². The monoisotopic (exact) mass is 361 g/mol. The van der Waals surface area contributed by atoms with Crippen molar-refractivity contribution in [2.24, 2.45) is 0 Å². The summed E-state index contributed by atoms with van der Waals surface area (Å²) in [4.78, 5) is 15.7. The third-order valence-corrected chi connectivity index (χ3v) is 5.94. The fourth-order valence-corrected chi connectivity index (χ4v) is 4.47. The first-order valence-electron chi connectivity index (χ1n) is 9.53. The van der Waals surface area contributed by atoms with Crippen molar-refractivity contribution in [3.63, 3.8) is 0 Å². The van der Waals surface area contributed by atoms with Crippen LogP contribution in [0.1, 0.15) is 32.5 Å². The molecule has 2 fully saturated rings. The van der Waals surface area contributed by atoms with Crippen molar-refractivity contribution in [2.45, 2.75) is 39.3 Å². The number of halogens is 1. The van der Waals surface area contributed by atoms with Gasteiger partial charge in [-0.2, -0.15) is 0 Å². The molecule has 2 aliphatic heterocycles. The van der Waals surface area contributed by atoms with E-state index in [4.69, 9.17) is 16.6 Å². The van der Waals surface area contributed by atoms with Gasteiger partial charge >= 0.3 is 0 Å². The molecule has 1 unspecified atom stereocenters. The van der Waals surface area contributed by atoms with E-state index in [9.17, 15) is 0 Å². The number of likely N-dealkylation sites (tertiary alicyclic amines) is 1. The molecule has 0 saturated carbocycles. The van der Waals surface area contributed by atoms with Crippen LogP contribution in [0, 0.1) is 0 Å². The standard InChI is InChI=1S/C19H28ClN5/c1-3-23-8-9-25(14(2)12-23)18-11-17-16(10-15(18)20)21-19(22-17)13-24-6-4-5-7-24/h10-11,14H,3-9,12-13H2,1-2H3,(H,21,22). The van der Waals surface area contributed by atoms with Gasteiger partial charge in [0.25, 0.3) is 0 Å². The van der Waals surface area contributed by atoms with E-state index in [1.807, 2.05) is 6.07 Å². The molecule has 136 valence electrons. The van der Waals surface area contributed by atoms with Crippen LogP contribution in [0.25, 0.3) is 11.0 Å². The van der Waals surface area contributed by atoms with E-state index in [1.165, 1.54) is 25.9 Å². The van der Waals surface area contributed by atoms with Crippen molar-refractivity contribution < 1.29 is 0 Å². The maximum Gasteiger partial charge on any atom is 0.121 e. The highest BCUT2D eigenvalue weighted by Crippen LogP contribution is 2.32. The van der Waals surface area contributed by atoms with Crippen molar-refractivity contribution in [3.8, 4) is 0 Å². The Morgan fingerprint density at radius 2 is 1.96 bits per heavy atom. The van der Waals surface area contributed by atoms with E-state index < -0.39 is 0 Å². The molecule has 25 heavy (non-hydrogen) atoms. The van der Waals surface area contributed by atoms with Crippen molar-refractivity contribution in [1.29, 1.82) is 0 Å².